The van der Waals surface area contributed by atoms with E-state index < -0.39 is 12.0 Å². The van der Waals surface area contributed by atoms with Crippen LogP contribution in [0, 0.1) is 6.92 Å². The molecule has 0 bridgehead atoms. The van der Waals surface area contributed by atoms with Crippen molar-refractivity contribution in [3.63, 3.8) is 0 Å². The highest BCUT2D eigenvalue weighted by Gasteiger charge is 2.21. The molecule has 2 N–H and O–H groups in total. The SMILES string of the molecule is CCC(C)N(CC(=O)O)C(=O)NCc1ccc(C)o1. The van der Waals surface area contributed by atoms with Gasteiger partial charge in [0.15, 0.2) is 0 Å². The van der Waals surface area contributed by atoms with Crippen molar-refractivity contribution in [3.8, 4) is 0 Å². The van der Waals surface area contributed by atoms with Crippen LogP contribution in [0.3, 0.4) is 0 Å². The fourth-order valence-electron chi connectivity index (χ4n) is 1.64. The van der Waals surface area contributed by atoms with Crippen LogP contribution in [0.1, 0.15) is 31.8 Å². The van der Waals surface area contributed by atoms with Gasteiger partial charge in [0, 0.05) is 6.04 Å². The highest BCUT2D eigenvalue weighted by atomic mass is 16.4. The van der Waals surface area contributed by atoms with Crippen molar-refractivity contribution >= 4 is 12.0 Å². The van der Waals surface area contributed by atoms with Gasteiger partial charge in [-0.1, -0.05) is 6.92 Å². The van der Waals surface area contributed by atoms with Crippen LogP contribution in [0.25, 0.3) is 0 Å². The summed E-state index contributed by atoms with van der Waals surface area (Å²) in [4.78, 5) is 24.0. The van der Waals surface area contributed by atoms with Crippen LogP contribution in [0.15, 0.2) is 16.5 Å². The van der Waals surface area contributed by atoms with Gasteiger partial charge in [-0.3, -0.25) is 4.79 Å². The molecule has 0 saturated heterocycles. The van der Waals surface area contributed by atoms with E-state index in [1.54, 1.807) is 6.07 Å². The van der Waals surface area contributed by atoms with E-state index in [-0.39, 0.29) is 19.1 Å². The number of carboxylic acid groups (broad SMARTS) is 1. The summed E-state index contributed by atoms with van der Waals surface area (Å²) < 4.78 is 5.33. The Morgan fingerprint density at radius 2 is 2.16 bits per heavy atom. The summed E-state index contributed by atoms with van der Waals surface area (Å²) in [7, 11) is 0. The number of carboxylic acids is 1. The summed E-state index contributed by atoms with van der Waals surface area (Å²) in [6, 6.07) is 3.06. The minimum atomic E-state index is -1.02. The maximum absolute atomic E-state index is 12.0. The molecule has 1 aromatic rings. The minimum Gasteiger partial charge on any atom is -0.480 e. The number of aryl methyl sites for hydroxylation is 1. The lowest BCUT2D eigenvalue weighted by molar-refractivity contribution is -0.138. The molecule has 19 heavy (non-hydrogen) atoms. The Morgan fingerprint density at radius 3 is 2.63 bits per heavy atom. The number of furan rings is 1. The second kappa shape index (κ2) is 6.82. The van der Waals surface area contributed by atoms with Crippen LogP contribution in [0.5, 0.6) is 0 Å². The first-order valence-corrected chi connectivity index (χ1v) is 6.25. The monoisotopic (exact) mass is 268 g/mol. The number of nitrogens with zero attached hydrogens (tertiary/aromatic N) is 1. The molecule has 1 aromatic heterocycles. The minimum absolute atomic E-state index is 0.130. The van der Waals surface area contributed by atoms with Gasteiger partial charge in [-0.2, -0.15) is 0 Å². The van der Waals surface area contributed by atoms with E-state index in [1.807, 2.05) is 26.8 Å². The van der Waals surface area contributed by atoms with Crippen molar-refractivity contribution in [2.45, 2.75) is 39.8 Å². The Labute approximate surface area is 112 Å². The van der Waals surface area contributed by atoms with Crippen molar-refractivity contribution in [1.82, 2.24) is 10.2 Å². The van der Waals surface area contributed by atoms with E-state index in [2.05, 4.69) is 5.32 Å². The first-order valence-electron chi connectivity index (χ1n) is 6.25. The number of amides is 2. The van der Waals surface area contributed by atoms with E-state index in [4.69, 9.17) is 9.52 Å². The van der Waals surface area contributed by atoms with Gasteiger partial charge in [0.05, 0.1) is 6.54 Å². The normalized spacial score (nSPS) is 11.9. The molecule has 0 fully saturated rings. The standard InChI is InChI=1S/C13H20N2O4/c1-4-9(2)15(8-12(16)17)13(18)14-7-11-6-5-10(3)19-11/h5-6,9H,4,7-8H2,1-3H3,(H,14,18)(H,16,17). The predicted molar refractivity (Wildman–Crippen MR) is 69.8 cm³/mol. The second-order valence-electron chi connectivity index (χ2n) is 4.45. The summed E-state index contributed by atoms with van der Waals surface area (Å²) in [5, 5.41) is 11.5. The van der Waals surface area contributed by atoms with E-state index in [0.29, 0.717) is 12.2 Å². The number of aliphatic carboxylic acids is 1. The molecule has 0 saturated carbocycles. The number of carbonyl (C=O) groups excluding carboxylic acids is 1. The number of hydrogen-bond acceptors (Lipinski definition) is 3. The lowest BCUT2D eigenvalue weighted by Gasteiger charge is -2.26. The number of urea groups is 1. The van der Waals surface area contributed by atoms with Gasteiger partial charge in [0.2, 0.25) is 0 Å². The molecular weight excluding hydrogens is 248 g/mol. The summed E-state index contributed by atoms with van der Waals surface area (Å²) in [5.74, 6) is 0.392. The largest absolute Gasteiger partial charge is 0.480 e. The summed E-state index contributed by atoms with van der Waals surface area (Å²) in [6.07, 6.45) is 0.695. The number of hydrogen-bond donors (Lipinski definition) is 2. The Bertz CT molecular complexity index is 442. The zero-order valence-corrected chi connectivity index (χ0v) is 11.5. The lowest BCUT2D eigenvalue weighted by Crippen LogP contribution is -2.47. The maximum Gasteiger partial charge on any atom is 0.323 e. The van der Waals surface area contributed by atoms with E-state index in [9.17, 15) is 9.59 Å². The molecule has 2 amide bonds. The zero-order valence-electron chi connectivity index (χ0n) is 11.5. The average molecular weight is 268 g/mol. The molecule has 0 aliphatic rings. The molecule has 1 unspecified atom stereocenters. The van der Waals surface area contributed by atoms with Gasteiger partial charge in [-0.15, -0.1) is 0 Å². The molecular formula is C13H20N2O4. The first kappa shape index (κ1) is 15.1. The molecule has 0 radical (unpaired) electrons. The molecule has 6 nitrogen and oxygen atoms in total. The molecule has 0 aliphatic heterocycles. The summed E-state index contributed by atoms with van der Waals surface area (Å²) in [6.45, 7) is 5.49. The maximum atomic E-state index is 12.0. The van der Waals surface area contributed by atoms with Gasteiger partial charge < -0.3 is 19.7 Å². The third kappa shape index (κ3) is 4.65. The zero-order chi connectivity index (χ0) is 14.4. The van der Waals surface area contributed by atoms with E-state index in [0.717, 1.165) is 5.76 Å². The Kier molecular flexibility index (Phi) is 5.41. The smallest absolute Gasteiger partial charge is 0.323 e. The lowest BCUT2D eigenvalue weighted by atomic mass is 10.2. The highest BCUT2D eigenvalue weighted by molar-refractivity contribution is 5.80. The predicted octanol–water partition coefficient (Wildman–Crippen LogP) is 1.98. The van der Waals surface area contributed by atoms with Crippen LogP contribution >= 0.6 is 0 Å². The van der Waals surface area contributed by atoms with Gasteiger partial charge in [-0.05, 0) is 32.4 Å². The van der Waals surface area contributed by atoms with Gasteiger partial charge in [0.1, 0.15) is 18.1 Å². The van der Waals surface area contributed by atoms with Gasteiger partial charge >= 0.3 is 12.0 Å². The topological polar surface area (TPSA) is 82.8 Å². The van der Waals surface area contributed by atoms with Crippen molar-refractivity contribution in [3.05, 3.63) is 23.7 Å². The molecule has 106 valence electrons. The average Bonchev–Trinajstić information content (AvgIpc) is 2.77. The van der Waals surface area contributed by atoms with Gasteiger partial charge in [0.25, 0.3) is 0 Å². The van der Waals surface area contributed by atoms with Crippen LogP contribution < -0.4 is 5.32 Å². The van der Waals surface area contributed by atoms with Crippen LogP contribution in [0.4, 0.5) is 4.79 Å². The van der Waals surface area contributed by atoms with E-state index in [1.165, 1.54) is 4.90 Å². The molecule has 1 rings (SSSR count). The van der Waals surface area contributed by atoms with Crippen LogP contribution in [0.2, 0.25) is 0 Å². The Balaban J connectivity index is 2.58. The van der Waals surface area contributed by atoms with Crippen molar-refractivity contribution in [2.24, 2.45) is 0 Å². The molecule has 0 aliphatic carbocycles. The van der Waals surface area contributed by atoms with E-state index >= 15 is 0 Å². The number of carbonyl (C=O) groups is 2. The molecule has 1 heterocycles. The van der Waals surface area contributed by atoms with Crippen LogP contribution in [-0.4, -0.2) is 34.6 Å². The van der Waals surface area contributed by atoms with Gasteiger partial charge in [-0.25, -0.2) is 4.79 Å². The first-order chi connectivity index (χ1) is 8.93. The third-order valence-corrected chi connectivity index (χ3v) is 2.90. The summed E-state index contributed by atoms with van der Waals surface area (Å²) >= 11 is 0. The fourth-order valence-corrected chi connectivity index (χ4v) is 1.64. The molecule has 1 atom stereocenters. The molecule has 0 aromatic carbocycles. The number of nitrogens with one attached hydrogen (secondary N) is 1. The van der Waals surface area contributed by atoms with Crippen LogP contribution in [-0.2, 0) is 11.3 Å². The van der Waals surface area contributed by atoms with Crippen molar-refractivity contribution < 1.29 is 19.1 Å². The number of rotatable bonds is 6. The fraction of sp³-hybridized carbons (Fsp3) is 0.538. The molecule has 6 heteroatoms. The molecule has 0 spiro atoms. The highest BCUT2D eigenvalue weighted by Crippen LogP contribution is 2.07. The second-order valence-corrected chi connectivity index (χ2v) is 4.45. The quantitative estimate of drug-likeness (QED) is 0.826. The van der Waals surface area contributed by atoms with Crippen molar-refractivity contribution in [1.29, 1.82) is 0 Å². The third-order valence-electron chi connectivity index (χ3n) is 2.90. The van der Waals surface area contributed by atoms with Crippen molar-refractivity contribution in [2.75, 3.05) is 6.54 Å². The Hall–Kier alpha value is -1.98. The summed E-state index contributed by atoms with van der Waals surface area (Å²) in [5.41, 5.74) is 0. The Morgan fingerprint density at radius 1 is 1.47 bits per heavy atom.